The van der Waals surface area contributed by atoms with Gasteiger partial charge in [-0.15, -0.1) is 0 Å². The number of hydrogen-bond acceptors (Lipinski definition) is 2. The van der Waals surface area contributed by atoms with Crippen LogP contribution in [-0.2, 0) is 5.41 Å². The fourth-order valence-corrected chi connectivity index (χ4v) is 3.65. The summed E-state index contributed by atoms with van der Waals surface area (Å²) in [6, 6.07) is 19.1. The van der Waals surface area contributed by atoms with Gasteiger partial charge < -0.3 is 4.74 Å². The number of ether oxygens (including phenoxy) is 1. The van der Waals surface area contributed by atoms with Gasteiger partial charge in [0.15, 0.2) is 0 Å². The fraction of sp³-hybridized carbons (Fsp3) is 0.174. The average Bonchev–Trinajstić information content (AvgIpc) is 2.61. The SMILES string of the molecule is CC(C)(C)c1cc2c3c(nccc3c1)-c1ccc3ccccc3c1O2. The summed E-state index contributed by atoms with van der Waals surface area (Å²) >= 11 is 0. The van der Waals surface area contributed by atoms with Crippen molar-refractivity contribution in [3.8, 4) is 22.8 Å². The molecule has 122 valence electrons. The zero-order valence-electron chi connectivity index (χ0n) is 14.6. The van der Waals surface area contributed by atoms with Crippen LogP contribution in [0.5, 0.6) is 11.5 Å². The van der Waals surface area contributed by atoms with Crippen LogP contribution in [0.3, 0.4) is 0 Å². The summed E-state index contributed by atoms with van der Waals surface area (Å²) in [7, 11) is 0. The van der Waals surface area contributed by atoms with E-state index < -0.39 is 0 Å². The van der Waals surface area contributed by atoms with E-state index in [0.717, 1.165) is 33.5 Å². The number of nitrogens with zero attached hydrogens (tertiary/aromatic N) is 1. The Morgan fingerprint density at radius 2 is 1.72 bits per heavy atom. The monoisotopic (exact) mass is 325 g/mol. The van der Waals surface area contributed by atoms with Gasteiger partial charge in [-0.05, 0) is 39.9 Å². The minimum Gasteiger partial charge on any atom is -0.455 e. The molecule has 0 bridgehead atoms. The first-order valence-corrected chi connectivity index (χ1v) is 8.65. The first-order chi connectivity index (χ1) is 12.0. The quantitative estimate of drug-likeness (QED) is 0.326. The highest BCUT2D eigenvalue weighted by molar-refractivity contribution is 6.06. The standard InChI is InChI=1S/C23H19NO/c1-23(2,3)16-12-15-10-11-24-21-18-9-8-14-6-4-5-7-17(14)22(18)25-19(13-16)20(15)21/h4-13H,1-3H3. The Morgan fingerprint density at radius 3 is 2.56 bits per heavy atom. The van der Waals surface area contributed by atoms with E-state index in [-0.39, 0.29) is 5.41 Å². The third kappa shape index (κ3) is 2.07. The molecule has 2 heterocycles. The third-order valence-corrected chi connectivity index (χ3v) is 5.04. The van der Waals surface area contributed by atoms with Gasteiger partial charge in [0.05, 0.1) is 11.1 Å². The van der Waals surface area contributed by atoms with Crippen LogP contribution in [0.15, 0.2) is 60.8 Å². The Morgan fingerprint density at radius 1 is 0.880 bits per heavy atom. The molecule has 2 nitrogen and oxygen atoms in total. The van der Waals surface area contributed by atoms with Gasteiger partial charge >= 0.3 is 0 Å². The lowest BCUT2D eigenvalue weighted by Gasteiger charge is -2.25. The summed E-state index contributed by atoms with van der Waals surface area (Å²) in [5.41, 5.74) is 3.42. The molecule has 1 aliphatic rings. The van der Waals surface area contributed by atoms with Crippen molar-refractivity contribution in [3.05, 3.63) is 66.4 Å². The lowest BCUT2D eigenvalue weighted by molar-refractivity contribution is 0.488. The molecule has 0 aliphatic carbocycles. The van der Waals surface area contributed by atoms with Crippen molar-refractivity contribution in [2.75, 3.05) is 0 Å². The van der Waals surface area contributed by atoms with Crippen molar-refractivity contribution in [3.63, 3.8) is 0 Å². The third-order valence-electron chi connectivity index (χ3n) is 5.04. The normalized spacial score (nSPS) is 12.9. The molecular weight excluding hydrogens is 306 g/mol. The molecule has 1 aromatic heterocycles. The lowest BCUT2D eigenvalue weighted by atomic mass is 9.84. The van der Waals surface area contributed by atoms with E-state index in [2.05, 4.69) is 75.4 Å². The van der Waals surface area contributed by atoms with Crippen molar-refractivity contribution < 1.29 is 4.74 Å². The Kier molecular flexibility index (Phi) is 2.79. The summed E-state index contributed by atoms with van der Waals surface area (Å²) in [6.07, 6.45) is 1.90. The second-order valence-corrected chi connectivity index (χ2v) is 7.75. The van der Waals surface area contributed by atoms with Gasteiger partial charge in [0.2, 0.25) is 0 Å². The lowest BCUT2D eigenvalue weighted by Crippen LogP contribution is -2.12. The van der Waals surface area contributed by atoms with E-state index in [1.807, 2.05) is 6.20 Å². The molecule has 0 saturated heterocycles. The van der Waals surface area contributed by atoms with Crippen LogP contribution < -0.4 is 4.74 Å². The van der Waals surface area contributed by atoms with E-state index in [1.54, 1.807) is 0 Å². The van der Waals surface area contributed by atoms with E-state index in [4.69, 9.17) is 9.72 Å². The van der Waals surface area contributed by atoms with Crippen LogP contribution >= 0.6 is 0 Å². The molecule has 0 amide bonds. The second-order valence-electron chi connectivity index (χ2n) is 7.75. The van der Waals surface area contributed by atoms with Gasteiger partial charge in [0, 0.05) is 17.1 Å². The van der Waals surface area contributed by atoms with Crippen molar-refractivity contribution >= 4 is 21.5 Å². The topological polar surface area (TPSA) is 22.1 Å². The zero-order chi connectivity index (χ0) is 17.2. The molecule has 3 aromatic carbocycles. The van der Waals surface area contributed by atoms with Gasteiger partial charge in [0.1, 0.15) is 11.5 Å². The number of hydrogen-bond donors (Lipinski definition) is 0. The minimum atomic E-state index is 0.0660. The molecule has 0 spiro atoms. The van der Waals surface area contributed by atoms with Gasteiger partial charge in [-0.2, -0.15) is 0 Å². The van der Waals surface area contributed by atoms with Crippen LogP contribution in [0.25, 0.3) is 32.8 Å². The summed E-state index contributed by atoms with van der Waals surface area (Å²) in [5, 5.41) is 4.61. The van der Waals surface area contributed by atoms with Crippen molar-refractivity contribution in [1.29, 1.82) is 0 Å². The predicted octanol–water partition coefficient (Wildman–Crippen LogP) is 6.46. The molecule has 4 aromatic rings. The molecule has 0 atom stereocenters. The maximum absolute atomic E-state index is 6.46. The molecule has 25 heavy (non-hydrogen) atoms. The smallest absolute Gasteiger partial charge is 0.144 e. The zero-order valence-corrected chi connectivity index (χ0v) is 14.6. The first kappa shape index (κ1) is 14.5. The summed E-state index contributed by atoms with van der Waals surface area (Å²) in [4.78, 5) is 4.70. The van der Waals surface area contributed by atoms with Crippen molar-refractivity contribution in [2.45, 2.75) is 26.2 Å². The maximum atomic E-state index is 6.46. The highest BCUT2D eigenvalue weighted by Crippen LogP contribution is 2.49. The first-order valence-electron chi connectivity index (χ1n) is 8.65. The predicted molar refractivity (Wildman–Crippen MR) is 103 cm³/mol. The Labute approximate surface area is 147 Å². The average molecular weight is 325 g/mol. The molecule has 0 radical (unpaired) electrons. The van der Waals surface area contributed by atoms with E-state index in [1.165, 1.54) is 16.3 Å². The molecule has 2 heteroatoms. The van der Waals surface area contributed by atoms with Crippen molar-refractivity contribution in [2.24, 2.45) is 0 Å². The van der Waals surface area contributed by atoms with Gasteiger partial charge in [-0.25, -0.2) is 0 Å². The van der Waals surface area contributed by atoms with Gasteiger partial charge in [0.25, 0.3) is 0 Å². The second kappa shape index (κ2) is 4.82. The van der Waals surface area contributed by atoms with E-state index in [9.17, 15) is 0 Å². The molecule has 0 fully saturated rings. The molecular formula is C23H19NO. The Bertz CT molecular complexity index is 1150. The van der Waals surface area contributed by atoms with Crippen LogP contribution in [0, 0.1) is 0 Å². The van der Waals surface area contributed by atoms with Crippen LogP contribution in [-0.4, -0.2) is 4.98 Å². The number of pyridine rings is 1. The molecule has 5 rings (SSSR count). The Balaban J connectivity index is 1.89. The minimum absolute atomic E-state index is 0.0660. The largest absolute Gasteiger partial charge is 0.455 e. The molecule has 0 saturated carbocycles. The Hall–Kier alpha value is -2.87. The summed E-state index contributed by atoms with van der Waals surface area (Å²) < 4.78 is 6.46. The van der Waals surface area contributed by atoms with Crippen LogP contribution in [0.4, 0.5) is 0 Å². The number of aromatic nitrogens is 1. The van der Waals surface area contributed by atoms with Crippen LogP contribution in [0.1, 0.15) is 26.3 Å². The maximum Gasteiger partial charge on any atom is 0.144 e. The van der Waals surface area contributed by atoms with Crippen molar-refractivity contribution in [1.82, 2.24) is 4.98 Å². The van der Waals surface area contributed by atoms with E-state index >= 15 is 0 Å². The fourth-order valence-electron chi connectivity index (χ4n) is 3.65. The van der Waals surface area contributed by atoms with Gasteiger partial charge in [-0.3, -0.25) is 4.98 Å². The molecule has 0 N–H and O–H groups in total. The summed E-state index contributed by atoms with van der Waals surface area (Å²) in [6.45, 7) is 6.69. The molecule has 1 aliphatic heterocycles. The molecule has 0 unspecified atom stereocenters. The summed E-state index contributed by atoms with van der Waals surface area (Å²) in [5.74, 6) is 1.83. The van der Waals surface area contributed by atoms with E-state index in [0.29, 0.717) is 0 Å². The van der Waals surface area contributed by atoms with Crippen LogP contribution in [0.2, 0.25) is 0 Å². The highest BCUT2D eigenvalue weighted by atomic mass is 16.5. The highest BCUT2D eigenvalue weighted by Gasteiger charge is 2.25. The number of fused-ring (bicyclic) bond motifs is 4. The number of rotatable bonds is 0. The number of benzene rings is 3. The van der Waals surface area contributed by atoms with Gasteiger partial charge in [-0.1, -0.05) is 57.2 Å².